The van der Waals surface area contributed by atoms with Crippen LogP contribution in [0.15, 0.2) is 16.5 Å². The molecule has 1 heterocycles. The van der Waals surface area contributed by atoms with Crippen LogP contribution in [0, 0.1) is 5.92 Å². The molecule has 4 atom stereocenters. The van der Waals surface area contributed by atoms with Gasteiger partial charge >= 0.3 is 0 Å². The van der Waals surface area contributed by atoms with E-state index in [1.807, 2.05) is 12.1 Å². The molecule has 2 saturated carbocycles. The van der Waals surface area contributed by atoms with Crippen molar-refractivity contribution in [2.24, 2.45) is 5.92 Å². The molecule has 0 aromatic carbocycles. The molecular formula is C17H25NO3. The Kier molecular flexibility index (Phi) is 4.34. The summed E-state index contributed by atoms with van der Waals surface area (Å²) in [5.41, 5.74) is 0. The van der Waals surface area contributed by atoms with Crippen LogP contribution in [-0.4, -0.2) is 23.2 Å². The minimum absolute atomic E-state index is 0.0127. The number of aliphatic hydroxyl groups is 1. The van der Waals surface area contributed by atoms with E-state index in [1.165, 1.54) is 6.42 Å². The Morgan fingerprint density at radius 1 is 1.38 bits per heavy atom. The van der Waals surface area contributed by atoms with Crippen molar-refractivity contribution in [1.82, 2.24) is 5.32 Å². The van der Waals surface area contributed by atoms with Crippen molar-refractivity contribution in [2.45, 2.75) is 69.9 Å². The number of hydrogen-bond acceptors (Lipinski definition) is 3. The van der Waals surface area contributed by atoms with Gasteiger partial charge in [0.25, 0.3) is 0 Å². The Balaban J connectivity index is 1.44. The number of aryl methyl sites for hydroxylation is 1. The molecule has 21 heavy (non-hydrogen) atoms. The molecule has 1 amide bonds. The highest BCUT2D eigenvalue weighted by atomic mass is 16.3. The van der Waals surface area contributed by atoms with Crippen molar-refractivity contribution in [2.75, 3.05) is 0 Å². The van der Waals surface area contributed by atoms with Crippen LogP contribution in [0.2, 0.25) is 0 Å². The van der Waals surface area contributed by atoms with E-state index in [9.17, 15) is 9.90 Å². The first-order valence-corrected chi connectivity index (χ1v) is 8.19. The van der Waals surface area contributed by atoms with Gasteiger partial charge in [0.05, 0.1) is 12.1 Å². The molecule has 1 aromatic heterocycles. The molecule has 1 aromatic rings. The zero-order valence-corrected chi connectivity index (χ0v) is 12.7. The summed E-state index contributed by atoms with van der Waals surface area (Å²) in [5.74, 6) is 3.30. The first-order chi connectivity index (χ1) is 10.1. The molecule has 3 rings (SSSR count). The van der Waals surface area contributed by atoms with E-state index in [2.05, 4.69) is 12.2 Å². The van der Waals surface area contributed by atoms with Gasteiger partial charge in [-0.05, 0) is 37.3 Å². The molecule has 116 valence electrons. The minimum atomic E-state index is -0.380. The standard InChI is InChI=1S/C17H25NO3/c1-11-10-13(11)16-8-6-12(21-16)7-9-17(20)18-14-4-2-3-5-15(14)19/h6,8,11,13-15,19H,2-5,7,9-10H2,1H3,(H,18,20)/t11?,13?,14-,15-/m0/s1. The summed E-state index contributed by atoms with van der Waals surface area (Å²) in [7, 11) is 0. The third-order valence-corrected chi connectivity index (χ3v) is 4.83. The van der Waals surface area contributed by atoms with Crippen molar-refractivity contribution in [1.29, 1.82) is 0 Å². The SMILES string of the molecule is CC1CC1c1ccc(CCC(=O)N[C@H]2CCCC[C@@H]2O)o1. The fourth-order valence-electron chi connectivity index (χ4n) is 3.24. The maximum absolute atomic E-state index is 12.0. The van der Waals surface area contributed by atoms with Crippen LogP contribution >= 0.6 is 0 Å². The van der Waals surface area contributed by atoms with Gasteiger partial charge in [-0.1, -0.05) is 19.8 Å². The van der Waals surface area contributed by atoms with Crippen LogP contribution in [-0.2, 0) is 11.2 Å². The lowest BCUT2D eigenvalue weighted by atomic mass is 9.92. The van der Waals surface area contributed by atoms with E-state index in [-0.39, 0.29) is 18.1 Å². The third-order valence-electron chi connectivity index (χ3n) is 4.83. The number of aliphatic hydroxyl groups excluding tert-OH is 1. The molecule has 2 N–H and O–H groups in total. The smallest absolute Gasteiger partial charge is 0.220 e. The Bertz CT molecular complexity index is 496. The lowest BCUT2D eigenvalue weighted by Gasteiger charge is -2.28. The summed E-state index contributed by atoms with van der Waals surface area (Å²) in [6.07, 6.45) is 5.72. The van der Waals surface area contributed by atoms with Gasteiger partial charge in [0.15, 0.2) is 0 Å². The highest BCUT2D eigenvalue weighted by molar-refractivity contribution is 5.76. The van der Waals surface area contributed by atoms with Gasteiger partial charge in [-0.25, -0.2) is 0 Å². The quantitative estimate of drug-likeness (QED) is 0.877. The molecular weight excluding hydrogens is 266 g/mol. The second-order valence-electron chi connectivity index (χ2n) is 6.65. The summed E-state index contributed by atoms with van der Waals surface area (Å²) in [6, 6.07) is 3.97. The van der Waals surface area contributed by atoms with E-state index < -0.39 is 0 Å². The lowest BCUT2D eigenvalue weighted by molar-refractivity contribution is -0.123. The Morgan fingerprint density at radius 2 is 2.14 bits per heavy atom. The molecule has 4 heteroatoms. The van der Waals surface area contributed by atoms with Gasteiger partial charge in [0, 0.05) is 18.8 Å². The molecule has 0 saturated heterocycles. The molecule has 2 aliphatic rings. The van der Waals surface area contributed by atoms with Crippen LogP contribution in [0.3, 0.4) is 0 Å². The fraction of sp³-hybridized carbons (Fsp3) is 0.706. The predicted molar refractivity (Wildman–Crippen MR) is 80.0 cm³/mol. The zero-order valence-electron chi connectivity index (χ0n) is 12.7. The number of hydrogen-bond donors (Lipinski definition) is 2. The normalized spacial score (nSPS) is 31.9. The highest BCUT2D eigenvalue weighted by Gasteiger charge is 2.36. The van der Waals surface area contributed by atoms with Crippen molar-refractivity contribution < 1.29 is 14.3 Å². The predicted octanol–water partition coefficient (Wildman–Crippen LogP) is 2.76. The first-order valence-electron chi connectivity index (χ1n) is 8.19. The van der Waals surface area contributed by atoms with Gasteiger partial charge in [0.2, 0.25) is 5.91 Å². The Morgan fingerprint density at radius 3 is 2.86 bits per heavy atom. The van der Waals surface area contributed by atoms with Crippen LogP contribution < -0.4 is 5.32 Å². The van der Waals surface area contributed by atoms with Gasteiger partial charge in [-0.3, -0.25) is 4.79 Å². The Hall–Kier alpha value is -1.29. The molecule has 4 nitrogen and oxygen atoms in total. The van der Waals surface area contributed by atoms with Gasteiger partial charge in [-0.15, -0.1) is 0 Å². The van der Waals surface area contributed by atoms with E-state index >= 15 is 0 Å². The fourth-order valence-corrected chi connectivity index (χ4v) is 3.24. The van der Waals surface area contributed by atoms with E-state index in [4.69, 9.17) is 4.42 Å². The summed E-state index contributed by atoms with van der Waals surface area (Å²) in [4.78, 5) is 12.0. The molecule has 0 spiro atoms. The van der Waals surface area contributed by atoms with E-state index in [0.29, 0.717) is 18.8 Å². The number of rotatable bonds is 5. The summed E-state index contributed by atoms with van der Waals surface area (Å²) in [5, 5.41) is 12.8. The summed E-state index contributed by atoms with van der Waals surface area (Å²) < 4.78 is 5.81. The maximum atomic E-state index is 12.0. The molecule has 0 radical (unpaired) electrons. The van der Waals surface area contributed by atoms with Crippen LogP contribution in [0.25, 0.3) is 0 Å². The van der Waals surface area contributed by atoms with E-state index in [0.717, 1.165) is 43.1 Å². The van der Waals surface area contributed by atoms with E-state index in [1.54, 1.807) is 0 Å². The first kappa shape index (κ1) is 14.6. The van der Waals surface area contributed by atoms with Gasteiger partial charge in [0.1, 0.15) is 11.5 Å². The number of furan rings is 1. The van der Waals surface area contributed by atoms with Crippen LogP contribution in [0.1, 0.15) is 62.9 Å². The summed E-state index contributed by atoms with van der Waals surface area (Å²) in [6.45, 7) is 2.23. The molecule has 2 unspecified atom stereocenters. The average molecular weight is 291 g/mol. The largest absolute Gasteiger partial charge is 0.466 e. The number of carbonyl (C=O) groups is 1. The van der Waals surface area contributed by atoms with Crippen LogP contribution in [0.4, 0.5) is 0 Å². The average Bonchev–Trinajstić information content (AvgIpc) is 3.01. The van der Waals surface area contributed by atoms with Crippen LogP contribution in [0.5, 0.6) is 0 Å². The Labute approximate surface area is 125 Å². The monoisotopic (exact) mass is 291 g/mol. The minimum Gasteiger partial charge on any atom is -0.466 e. The number of carbonyl (C=O) groups excluding carboxylic acids is 1. The molecule has 2 aliphatic carbocycles. The highest BCUT2D eigenvalue weighted by Crippen LogP contribution is 2.47. The van der Waals surface area contributed by atoms with Gasteiger partial charge < -0.3 is 14.8 Å². The van der Waals surface area contributed by atoms with Crippen molar-refractivity contribution in [3.05, 3.63) is 23.7 Å². The molecule has 0 aliphatic heterocycles. The number of amides is 1. The molecule has 0 bridgehead atoms. The van der Waals surface area contributed by atoms with Crippen molar-refractivity contribution in [3.8, 4) is 0 Å². The molecule has 2 fully saturated rings. The second-order valence-corrected chi connectivity index (χ2v) is 6.65. The topological polar surface area (TPSA) is 62.5 Å². The number of nitrogens with one attached hydrogen (secondary N) is 1. The van der Waals surface area contributed by atoms with Gasteiger partial charge in [-0.2, -0.15) is 0 Å². The zero-order chi connectivity index (χ0) is 14.8. The lowest BCUT2D eigenvalue weighted by Crippen LogP contribution is -2.45. The third kappa shape index (κ3) is 3.67. The second kappa shape index (κ2) is 6.22. The van der Waals surface area contributed by atoms with Crippen molar-refractivity contribution >= 4 is 5.91 Å². The maximum Gasteiger partial charge on any atom is 0.220 e. The van der Waals surface area contributed by atoms with Crippen molar-refractivity contribution in [3.63, 3.8) is 0 Å². The summed E-state index contributed by atoms with van der Waals surface area (Å²) >= 11 is 0.